The summed E-state index contributed by atoms with van der Waals surface area (Å²) in [6.07, 6.45) is 0.359. The van der Waals surface area contributed by atoms with Crippen LogP contribution in [0.25, 0.3) is 0 Å². The van der Waals surface area contributed by atoms with Gasteiger partial charge in [-0.2, -0.15) is 0 Å². The van der Waals surface area contributed by atoms with E-state index in [4.69, 9.17) is 9.47 Å². The van der Waals surface area contributed by atoms with Crippen molar-refractivity contribution in [3.05, 3.63) is 60.2 Å². The summed E-state index contributed by atoms with van der Waals surface area (Å²) in [4.78, 5) is 15.0. The number of hydrogen-bond donors (Lipinski definition) is 1. The van der Waals surface area contributed by atoms with E-state index in [0.717, 1.165) is 19.5 Å². The molecule has 2 aromatic carbocycles. The molecule has 1 saturated heterocycles. The van der Waals surface area contributed by atoms with Crippen LogP contribution in [0.15, 0.2) is 54.6 Å². The fourth-order valence-corrected chi connectivity index (χ4v) is 3.64. The van der Waals surface area contributed by atoms with E-state index in [1.165, 1.54) is 5.56 Å². The zero-order valence-electron chi connectivity index (χ0n) is 14.9. The maximum absolute atomic E-state index is 12.6. The van der Waals surface area contributed by atoms with Crippen LogP contribution in [0, 0.1) is 0 Å². The van der Waals surface area contributed by atoms with E-state index in [-0.39, 0.29) is 18.6 Å². The molecule has 0 saturated carbocycles. The van der Waals surface area contributed by atoms with Crippen molar-refractivity contribution in [2.45, 2.75) is 31.5 Å². The normalized spacial score (nSPS) is 23.4. The molecule has 5 nitrogen and oxygen atoms in total. The Bertz CT molecular complexity index is 765. The number of amides is 1. The Morgan fingerprint density at radius 3 is 2.65 bits per heavy atom. The van der Waals surface area contributed by atoms with Gasteiger partial charge in [-0.15, -0.1) is 0 Å². The summed E-state index contributed by atoms with van der Waals surface area (Å²) in [6, 6.07) is 18.4. The van der Waals surface area contributed by atoms with Crippen molar-refractivity contribution in [1.82, 2.24) is 10.2 Å². The van der Waals surface area contributed by atoms with Crippen LogP contribution in [0.3, 0.4) is 0 Å². The molecular formula is C21H24N2O3. The first-order valence-electron chi connectivity index (χ1n) is 9.18. The molecule has 2 aliphatic rings. The molecule has 1 N–H and O–H groups in total. The molecular weight excluding hydrogens is 328 g/mol. The third kappa shape index (κ3) is 3.53. The number of para-hydroxylation sites is 2. The molecule has 3 atom stereocenters. The van der Waals surface area contributed by atoms with Crippen LogP contribution in [0.2, 0.25) is 0 Å². The van der Waals surface area contributed by atoms with E-state index in [9.17, 15) is 4.79 Å². The smallest absolute Gasteiger partial charge is 0.264 e. The lowest BCUT2D eigenvalue weighted by atomic mass is 10.1. The van der Waals surface area contributed by atoms with Gasteiger partial charge in [0.05, 0.1) is 0 Å². The van der Waals surface area contributed by atoms with E-state index in [0.29, 0.717) is 17.5 Å². The van der Waals surface area contributed by atoms with Crippen LogP contribution in [0.1, 0.15) is 24.9 Å². The van der Waals surface area contributed by atoms with Gasteiger partial charge < -0.3 is 14.8 Å². The molecule has 0 spiro atoms. The van der Waals surface area contributed by atoms with Crippen molar-refractivity contribution in [3.8, 4) is 11.5 Å². The summed E-state index contributed by atoms with van der Waals surface area (Å²) in [5.74, 6) is 1.23. The molecule has 0 radical (unpaired) electrons. The monoisotopic (exact) mass is 352 g/mol. The van der Waals surface area contributed by atoms with Crippen LogP contribution < -0.4 is 14.8 Å². The Labute approximate surface area is 153 Å². The third-order valence-corrected chi connectivity index (χ3v) is 5.20. The van der Waals surface area contributed by atoms with Crippen LogP contribution in [-0.4, -0.2) is 42.6 Å². The maximum Gasteiger partial charge on any atom is 0.264 e. The van der Waals surface area contributed by atoms with E-state index in [1.807, 2.05) is 30.3 Å². The number of carbonyl (C=O) groups is 1. The zero-order chi connectivity index (χ0) is 17.9. The summed E-state index contributed by atoms with van der Waals surface area (Å²) in [6.45, 7) is 4.30. The van der Waals surface area contributed by atoms with Crippen LogP contribution in [-0.2, 0) is 4.79 Å². The second-order valence-corrected chi connectivity index (χ2v) is 6.94. The summed E-state index contributed by atoms with van der Waals surface area (Å²) < 4.78 is 11.4. The summed E-state index contributed by atoms with van der Waals surface area (Å²) in [7, 11) is 0. The van der Waals surface area contributed by atoms with Gasteiger partial charge >= 0.3 is 0 Å². The van der Waals surface area contributed by atoms with Gasteiger partial charge in [0.1, 0.15) is 6.61 Å². The Kier molecular flexibility index (Phi) is 4.80. The van der Waals surface area contributed by atoms with E-state index in [2.05, 4.69) is 41.4 Å². The molecule has 0 bridgehead atoms. The third-order valence-electron chi connectivity index (χ3n) is 5.20. The van der Waals surface area contributed by atoms with Gasteiger partial charge in [0.2, 0.25) is 6.10 Å². The van der Waals surface area contributed by atoms with Gasteiger partial charge in [-0.1, -0.05) is 42.5 Å². The summed E-state index contributed by atoms with van der Waals surface area (Å²) >= 11 is 0. The molecule has 0 aliphatic carbocycles. The molecule has 3 unspecified atom stereocenters. The molecule has 2 heterocycles. The number of fused-ring (bicyclic) bond motifs is 1. The minimum Gasteiger partial charge on any atom is -0.485 e. The van der Waals surface area contributed by atoms with Crippen molar-refractivity contribution in [1.29, 1.82) is 0 Å². The number of ether oxygens (including phenoxy) is 2. The van der Waals surface area contributed by atoms with Gasteiger partial charge in [-0.05, 0) is 31.0 Å². The lowest BCUT2D eigenvalue weighted by Crippen LogP contribution is -2.48. The lowest BCUT2D eigenvalue weighted by molar-refractivity contribution is -0.131. The second-order valence-electron chi connectivity index (χ2n) is 6.94. The van der Waals surface area contributed by atoms with Crippen molar-refractivity contribution in [3.63, 3.8) is 0 Å². The first-order valence-corrected chi connectivity index (χ1v) is 9.18. The molecule has 4 rings (SSSR count). The van der Waals surface area contributed by atoms with Gasteiger partial charge in [0, 0.05) is 25.2 Å². The van der Waals surface area contributed by atoms with Crippen molar-refractivity contribution in [2.24, 2.45) is 0 Å². The average Bonchev–Trinajstić information content (AvgIpc) is 3.16. The number of hydrogen-bond acceptors (Lipinski definition) is 4. The number of benzene rings is 2. The van der Waals surface area contributed by atoms with E-state index >= 15 is 0 Å². The predicted octanol–water partition coefficient (Wildman–Crippen LogP) is 2.78. The molecule has 2 aliphatic heterocycles. The molecule has 0 aromatic heterocycles. The van der Waals surface area contributed by atoms with Gasteiger partial charge in [0.15, 0.2) is 11.5 Å². The highest BCUT2D eigenvalue weighted by atomic mass is 16.6. The quantitative estimate of drug-likeness (QED) is 0.919. The number of nitrogens with one attached hydrogen (secondary N) is 1. The van der Waals surface area contributed by atoms with Gasteiger partial charge in [-0.3, -0.25) is 9.69 Å². The average molecular weight is 352 g/mol. The minimum absolute atomic E-state index is 0.0984. The lowest BCUT2D eigenvalue weighted by Gasteiger charge is -2.27. The molecule has 5 heteroatoms. The Hall–Kier alpha value is -2.53. The largest absolute Gasteiger partial charge is 0.485 e. The van der Waals surface area contributed by atoms with Gasteiger partial charge in [0.25, 0.3) is 5.91 Å². The topological polar surface area (TPSA) is 50.8 Å². The number of likely N-dealkylation sites (tertiary alicyclic amines) is 1. The highest BCUT2D eigenvalue weighted by Gasteiger charge is 2.32. The Morgan fingerprint density at radius 1 is 1.12 bits per heavy atom. The maximum atomic E-state index is 12.6. The first kappa shape index (κ1) is 16.9. The second kappa shape index (κ2) is 7.38. The van der Waals surface area contributed by atoms with E-state index < -0.39 is 6.10 Å². The minimum atomic E-state index is -0.592. The SMILES string of the molecule is CC(c1ccccc1)N1CCC(NC(=O)C2COc3ccccc3O2)C1. The molecule has 136 valence electrons. The Balaban J connectivity index is 1.32. The molecule has 2 aromatic rings. The van der Waals surface area contributed by atoms with Crippen LogP contribution in [0.5, 0.6) is 11.5 Å². The number of carbonyl (C=O) groups excluding carboxylic acids is 1. The number of rotatable bonds is 4. The fourth-order valence-electron chi connectivity index (χ4n) is 3.64. The highest BCUT2D eigenvalue weighted by molar-refractivity contribution is 5.82. The predicted molar refractivity (Wildman–Crippen MR) is 99.3 cm³/mol. The Morgan fingerprint density at radius 2 is 1.85 bits per heavy atom. The van der Waals surface area contributed by atoms with Gasteiger partial charge in [-0.25, -0.2) is 0 Å². The first-order chi connectivity index (χ1) is 12.7. The number of nitrogens with zero attached hydrogens (tertiary/aromatic N) is 1. The summed E-state index contributed by atoms with van der Waals surface area (Å²) in [5.41, 5.74) is 1.31. The fraction of sp³-hybridized carbons (Fsp3) is 0.381. The van der Waals surface area contributed by atoms with Crippen molar-refractivity contribution in [2.75, 3.05) is 19.7 Å². The zero-order valence-corrected chi connectivity index (χ0v) is 14.9. The molecule has 26 heavy (non-hydrogen) atoms. The standard InChI is InChI=1S/C21H24N2O3/c1-15(16-7-3-2-4-8-16)23-12-11-17(13-23)22-21(24)20-14-25-18-9-5-6-10-19(18)26-20/h2-10,15,17,20H,11-14H2,1H3,(H,22,24). The highest BCUT2D eigenvalue weighted by Crippen LogP contribution is 2.31. The van der Waals surface area contributed by atoms with Crippen LogP contribution >= 0.6 is 0 Å². The van der Waals surface area contributed by atoms with Crippen molar-refractivity contribution >= 4 is 5.91 Å². The van der Waals surface area contributed by atoms with Crippen LogP contribution in [0.4, 0.5) is 0 Å². The molecule has 1 fully saturated rings. The molecule has 1 amide bonds. The summed E-state index contributed by atoms with van der Waals surface area (Å²) in [5, 5.41) is 3.13. The van der Waals surface area contributed by atoms with Crippen molar-refractivity contribution < 1.29 is 14.3 Å². The van der Waals surface area contributed by atoms with E-state index in [1.54, 1.807) is 0 Å².